The van der Waals surface area contributed by atoms with Crippen molar-refractivity contribution in [1.82, 2.24) is 20.4 Å². The Labute approximate surface area is 152 Å². The number of rotatable bonds is 4. The van der Waals surface area contributed by atoms with Crippen molar-refractivity contribution in [1.29, 1.82) is 0 Å². The predicted molar refractivity (Wildman–Crippen MR) is 97.1 cm³/mol. The van der Waals surface area contributed by atoms with E-state index < -0.39 is 0 Å². The summed E-state index contributed by atoms with van der Waals surface area (Å²) in [5.41, 5.74) is 1.04. The minimum absolute atomic E-state index is 0.0751. The number of hydrogen-bond acceptors (Lipinski definition) is 6. The Morgan fingerprint density at radius 1 is 1.16 bits per heavy atom. The highest BCUT2D eigenvalue weighted by atomic mass is 32.2. The van der Waals surface area contributed by atoms with Crippen LogP contribution in [0.2, 0.25) is 0 Å². The lowest BCUT2D eigenvalue weighted by Gasteiger charge is -2.50. The number of nitrogens with zero attached hydrogens (tertiary/aromatic N) is 2. The summed E-state index contributed by atoms with van der Waals surface area (Å²) in [6.45, 7) is 2.07. The van der Waals surface area contributed by atoms with Gasteiger partial charge >= 0.3 is 6.03 Å². The van der Waals surface area contributed by atoms with Crippen molar-refractivity contribution in [2.45, 2.75) is 24.6 Å². The number of carbonyl (C=O) groups excluding carboxylic acids is 2. The van der Waals surface area contributed by atoms with Gasteiger partial charge in [-0.1, -0.05) is 19.1 Å². The van der Waals surface area contributed by atoms with Gasteiger partial charge in [0.2, 0.25) is 5.91 Å². The number of benzene rings is 1. The maximum absolute atomic E-state index is 12.7. The van der Waals surface area contributed by atoms with Crippen LogP contribution in [0.5, 0.6) is 5.75 Å². The van der Waals surface area contributed by atoms with Gasteiger partial charge in [0.25, 0.3) is 0 Å². The third-order valence-electron chi connectivity index (χ3n) is 4.75. The number of thioether (sulfide) groups is 1. The number of imide groups is 1. The van der Waals surface area contributed by atoms with Gasteiger partial charge in [-0.05, 0) is 23.4 Å². The fraction of sp³-hybridized carbons (Fsp3) is 0.529. The molecule has 3 rings (SSSR count). The molecule has 0 aliphatic carbocycles. The number of amides is 3. The van der Waals surface area contributed by atoms with Crippen molar-refractivity contribution in [3.05, 3.63) is 29.8 Å². The standard InChI is InChI=1S/C17H24N4O3S/c1-5-25-15-12-14(20(2)17(23)21(3)16(12)22)18-13(19-15)10-6-8-11(24-4)9-7-10/h6-9,12-15,18-19H,5H2,1-4H3. The minimum Gasteiger partial charge on any atom is -0.497 e. The van der Waals surface area contributed by atoms with Crippen LogP contribution in [-0.2, 0) is 4.79 Å². The van der Waals surface area contributed by atoms with E-state index >= 15 is 0 Å². The van der Waals surface area contributed by atoms with Crippen LogP contribution < -0.4 is 15.4 Å². The molecule has 0 saturated carbocycles. The summed E-state index contributed by atoms with van der Waals surface area (Å²) in [4.78, 5) is 27.9. The largest absolute Gasteiger partial charge is 0.497 e. The van der Waals surface area contributed by atoms with Gasteiger partial charge in [-0.15, -0.1) is 11.8 Å². The first-order chi connectivity index (χ1) is 12.0. The zero-order valence-corrected chi connectivity index (χ0v) is 15.7. The van der Waals surface area contributed by atoms with Crippen molar-refractivity contribution >= 4 is 23.7 Å². The zero-order chi connectivity index (χ0) is 18.1. The fourth-order valence-electron chi connectivity index (χ4n) is 3.37. The number of urea groups is 1. The lowest BCUT2D eigenvalue weighted by atomic mass is 9.96. The molecule has 2 aliphatic rings. The van der Waals surface area contributed by atoms with E-state index in [0.717, 1.165) is 17.1 Å². The lowest BCUT2D eigenvalue weighted by molar-refractivity contribution is -0.140. The average Bonchev–Trinajstić information content (AvgIpc) is 2.64. The molecule has 3 amide bonds. The molecule has 2 N–H and O–H groups in total. The van der Waals surface area contributed by atoms with E-state index in [2.05, 4.69) is 17.6 Å². The van der Waals surface area contributed by atoms with E-state index in [1.54, 1.807) is 37.9 Å². The molecule has 4 atom stereocenters. The quantitative estimate of drug-likeness (QED) is 0.842. The highest BCUT2D eigenvalue weighted by Gasteiger charge is 2.50. The first kappa shape index (κ1) is 18.0. The highest BCUT2D eigenvalue weighted by Crippen LogP contribution is 2.34. The van der Waals surface area contributed by atoms with Crippen LogP contribution in [0.15, 0.2) is 24.3 Å². The van der Waals surface area contributed by atoms with Gasteiger partial charge in [-0.3, -0.25) is 20.3 Å². The molecule has 1 aromatic carbocycles. The normalized spacial score (nSPS) is 29.6. The highest BCUT2D eigenvalue weighted by molar-refractivity contribution is 7.99. The first-order valence-corrected chi connectivity index (χ1v) is 9.34. The molecule has 136 valence electrons. The van der Waals surface area contributed by atoms with Gasteiger partial charge in [0, 0.05) is 14.1 Å². The number of ether oxygens (including phenoxy) is 1. The van der Waals surface area contributed by atoms with Crippen LogP contribution in [0.4, 0.5) is 4.79 Å². The van der Waals surface area contributed by atoms with Crippen molar-refractivity contribution in [3.63, 3.8) is 0 Å². The monoisotopic (exact) mass is 364 g/mol. The molecule has 2 saturated heterocycles. The summed E-state index contributed by atoms with van der Waals surface area (Å²) in [6, 6.07) is 7.49. The van der Waals surface area contributed by atoms with Crippen LogP contribution in [0.3, 0.4) is 0 Å². The van der Waals surface area contributed by atoms with E-state index in [4.69, 9.17) is 4.74 Å². The summed E-state index contributed by atoms with van der Waals surface area (Å²) in [6.07, 6.45) is -0.490. The van der Waals surface area contributed by atoms with E-state index in [1.165, 1.54) is 4.90 Å². The molecular formula is C17H24N4O3S. The topological polar surface area (TPSA) is 73.9 Å². The zero-order valence-electron chi connectivity index (χ0n) is 14.9. The van der Waals surface area contributed by atoms with Gasteiger partial charge in [0.1, 0.15) is 5.75 Å². The van der Waals surface area contributed by atoms with E-state index in [0.29, 0.717) is 0 Å². The van der Waals surface area contributed by atoms with Gasteiger partial charge in [-0.2, -0.15) is 0 Å². The van der Waals surface area contributed by atoms with Crippen LogP contribution in [0, 0.1) is 5.92 Å². The number of nitrogens with one attached hydrogen (secondary N) is 2. The molecule has 2 heterocycles. The summed E-state index contributed by atoms with van der Waals surface area (Å²) in [7, 11) is 4.91. The number of fused-ring (bicyclic) bond motifs is 1. The smallest absolute Gasteiger partial charge is 0.327 e. The Morgan fingerprint density at radius 3 is 2.44 bits per heavy atom. The van der Waals surface area contributed by atoms with Crippen molar-refractivity contribution in [2.75, 3.05) is 27.0 Å². The first-order valence-electron chi connectivity index (χ1n) is 8.30. The molecule has 0 aromatic heterocycles. The Hall–Kier alpha value is -1.77. The number of methoxy groups -OCH3 is 1. The van der Waals surface area contributed by atoms with E-state index in [1.807, 2.05) is 24.3 Å². The molecule has 25 heavy (non-hydrogen) atoms. The Kier molecular flexibility index (Phi) is 5.21. The molecule has 0 spiro atoms. The maximum atomic E-state index is 12.7. The molecule has 7 nitrogen and oxygen atoms in total. The number of hydrogen-bond donors (Lipinski definition) is 2. The fourth-order valence-corrected chi connectivity index (χ4v) is 4.43. The van der Waals surface area contributed by atoms with Gasteiger partial charge < -0.3 is 9.64 Å². The molecule has 2 aliphatic heterocycles. The average molecular weight is 364 g/mol. The summed E-state index contributed by atoms with van der Waals surface area (Å²) < 4.78 is 5.21. The molecule has 4 unspecified atom stereocenters. The van der Waals surface area contributed by atoms with E-state index in [-0.39, 0.29) is 35.6 Å². The van der Waals surface area contributed by atoms with Gasteiger partial charge in [0.15, 0.2) is 0 Å². The van der Waals surface area contributed by atoms with Crippen molar-refractivity contribution < 1.29 is 14.3 Å². The Bertz CT molecular complexity index is 654. The van der Waals surface area contributed by atoms with Crippen LogP contribution >= 0.6 is 11.8 Å². The molecule has 2 fully saturated rings. The molecule has 0 bridgehead atoms. The Morgan fingerprint density at radius 2 is 1.84 bits per heavy atom. The molecule has 1 aromatic rings. The Balaban J connectivity index is 1.90. The van der Waals surface area contributed by atoms with Crippen LogP contribution in [-0.4, -0.2) is 60.2 Å². The third kappa shape index (κ3) is 3.21. The van der Waals surface area contributed by atoms with Crippen molar-refractivity contribution in [3.8, 4) is 5.75 Å². The second-order valence-electron chi connectivity index (χ2n) is 6.18. The van der Waals surface area contributed by atoms with Gasteiger partial charge in [-0.25, -0.2) is 4.79 Å². The minimum atomic E-state index is -0.339. The van der Waals surface area contributed by atoms with E-state index in [9.17, 15) is 9.59 Å². The number of carbonyl (C=O) groups is 2. The SMILES string of the molecule is CCSC1NC(c2ccc(OC)cc2)NC2C1C(=O)N(C)C(=O)N2C. The van der Waals surface area contributed by atoms with Crippen LogP contribution in [0.25, 0.3) is 0 Å². The lowest BCUT2D eigenvalue weighted by Crippen LogP contribution is -2.72. The maximum Gasteiger partial charge on any atom is 0.327 e. The molecular weight excluding hydrogens is 340 g/mol. The van der Waals surface area contributed by atoms with Crippen LogP contribution in [0.1, 0.15) is 18.7 Å². The second-order valence-corrected chi connectivity index (χ2v) is 7.60. The predicted octanol–water partition coefficient (Wildman–Crippen LogP) is 1.43. The summed E-state index contributed by atoms with van der Waals surface area (Å²) in [5, 5.41) is 6.87. The molecule has 0 radical (unpaired) electrons. The third-order valence-corrected chi connectivity index (χ3v) is 5.87. The summed E-state index contributed by atoms with van der Waals surface area (Å²) >= 11 is 1.69. The summed E-state index contributed by atoms with van der Waals surface area (Å²) in [5.74, 6) is 1.20. The molecule has 8 heteroatoms. The second kappa shape index (κ2) is 7.23. The van der Waals surface area contributed by atoms with Crippen molar-refractivity contribution in [2.24, 2.45) is 5.92 Å². The van der Waals surface area contributed by atoms with Gasteiger partial charge in [0.05, 0.1) is 30.7 Å².